The summed E-state index contributed by atoms with van der Waals surface area (Å²) >= 11 is 12.3. The average Bonchev–Trinajstić information content (AvgIpc) is 2.38. The Hall–Kier alpha value is -0.280. The fraction of sp³-hybridized carbons (Fsp3) is 0.571. The van der Waals surface area contributed by atoms with E-state index in [0.29, 0.717) is 17.0 Å². The van der Waals surface area contributed by atoms with Crippen molar-refractivity contribution in [1.82, 2.24) is 5.32 Å². The van der Waals surface area contributed by atoms with Gasteiger partial charge < -0.3 is 10.1 Å². The molecule has 0 bridgehead atoms. The highest BCUT2D eigenvalue weighted by Crippen LogP contribution is 2.34. The minimum Gasteiger partial charge on any atom is -0.381 e. The molecule has 2 rings (SSSR count). The van der Waals surface area contributed by atoms with Crippen molar-refractivity contribution in [3.8, 4) is 0 Å². The van der Waals surface area contributed by atoms with Crippen molar-refractivity contribution in [2.24, 2.45) is 5.92 Å². The van der Waals surface area contributed by atoms with Crippen molar-refractivity contribution in [3.63, 3.8) is 0 Å². The fourth-order valence-electron chi connectivity index (χ4n) is 2.55. The highest BCUT2D eigenvalue weighted by atomic mass is 35.5. The van der Waals surface area contributed by atoms with Crippen LogP contribution in [-0.2, 0) is 4.74 Å². The van der Waals surface area contributed by atoms with Crippen LogP contribution in [0.15, 0.2) is 18.2 Å². The van der Waals surface area contributed by atoms with E-state index in [-0.39, 0.29) is 0 Å². The molecule has 2 nitrogen and oxygen atoms in total. The molecular weight excluding hydrogens is 269 g/mol. The molecule has 0 amide bonds. The second-order valence-corrected chi connectivity index (χ2v) is 5.49. The first-order valence-corrected chi connectivity index (χ1v) is 7.24. The van der Waals surface area contributed by atoms with E-state index in [9.17, 15) is 0 Å². The van der Waals surface area contributed by atoms with E-state index in [1.807, 2.05) is 18.2 Å². The van der Waals surface area contributed by atoms with Crippen molar-refractivity contribution in [2.45, 2.75) is 25.8 Å². The van der Waals surface area contributed by atoms with E-state index in [0.717, 1.165) is 43.2 Å². The zero-order chi connectivity index (χ0) is 13.0. The lowest BCUT2D eigenvalue weighted by atomic mass is 9.87. The van der Waals surface area contributed by atoms with Gasteiger partial charge >= 0.3 is 0 Å². The van der Waals surface area contributed by atoms with E-state index in [2.05, 4.69) is 12.2 Å². The molecule has 1 aliphatic heterocycles. The smallest absolute Gasteiger partial charge is 0.0469 e. The van der Waals surface area contributed by atoms with Crippen molar-refractivity contribution < 1.29 is 4.74 Å². The van der Waals surface area contributed by atoms with Crippen LogP contribution in [0.4, 0.5) is 0 Å². The summed E-state index contributed by atoms with van der Waals surface area (Å²) < 4.78 is 5.43. The SMILES string of the molecule is CCNC(c1ccc(Cl)cc1Cl)C1CCOCC1. The van der Waals surface area contributed by atoms with Gasteiger partial charge in [-0.25, -0.2) is 0 Å². The first kappa shape index (κ1) is 14.1. The molecule has 1 aromatic rings. The van der Waals surface area contributed by atoms with Gasteiger partial charge in [-0.15, -0.1) is 0 Å². The highest BCUT2D eigenvalue weighted by molar-refractivity contribution is 6.35. The molecule has 1 aliphatic rings. The van der Waals surface area contributed by atoms with E-state index in [1.165, 1.54) is 0 Å². The molecule has 0 spiro atoms. The van der Waals surface area contributed by atoms with Crippen LogP contribution in [0.3, 0.4) is 0 Å². The van der Waals surface area contributed by atoms with Gasteiger partial charge in [0.15, 0.2) is 0 Å². The largest absolute Gasteiger partial charge is 0.381 e. The van der Waals surface area contributed by atoms with Crippen molar-refractivity contribution in [3.05, 3.63) is 33.8 Å². The summed E-state index contributed by atoms with van der Waals surface area (Å²) in [5.74, 6) is 0.581. The zero-order valence-electron chi connectivity index (χ0n) is 10.6. The third-order valence-electron chi connectivity index (χ3n) is 3.46. The topological polar surface area (TPSA) is 21.3 Å². The molecule has 1 atom stereocenters. The van der Waals surface area contributed by atoms with Gasteiger partial charge in [0, 0.05) is 29.3 Å². The first-order chi connectivity index (χ1) is 8.72. The maximum absolute atomic E-state index is 6.32. The Bertz CT molecular complexity index is 391. The number of hydrogen-bond acceptors (Lipinski definition) is 2. The Morgan fingerprint density at radius 2 is 2.06 bits per heavy atom. The van der Waals surface area contributed by atoms with E-state index in [1.54, 1.807) is 0 Å². The van der Waals surface area contributed by atoms with E-state index in [4.69, 9.17) is 27.9 Å². The van der Waals surface area contributed by atoms with Gasteiger partial charge in [-0.05, 0) is 43.0 Å². The molecule has 1 aromatic carbocycles. The Labute approximate surface area is 119 Å². The van der Waals surface area contributed by atoms with Gasteiger partial charge in [0.1, 0.15) is 0 Å². The van der Waals surface area contributed by atoms with Gasteiger partial charge in [-0.1, -0.05) is 36.2 Å². The number of nitrogens with one attached hydrogen (secondary N) is 1. The first-order valence-electron chi connectivity index (χ1n) is 6.48. The van der Waals surface area contributed by atoms with Crippen LogP contribution in [0.1, 0.15) is 31.4 Å². The number of hydrogen-bond donors (Lipinski definition) is 1. The number of halogens is 2. The summed E-state index contributed by atoms with van der Waals surface area (Å²) in [7, 11) is 0. The van der Waals surface area contributed by atoms with Crippen molar-refractivity contribution in [2.75, 3.05) is 19.8 Å². The normalized spacial score (nSPS) is 18.8. The summed E-state index contributed by atoms with van der Waals surface area (Å²) in [6.07, 6.45) is 2.16. The molecule has 1 unspecified atom stereocenters. The Kier molecular flexibility index (Phi) is 5.31. The van der Waals surface area contributed by atoms with E-state index >= 15 is 0 Å². The van der Waals surface area contributed by atoms with E-state index < -0.39 is 0 Å². The monoisotopic (exact) mass is 287 g/mol. The summed E-state index contributed by atoms with van der Waals surface area (Å²) in [5, 5.41) is 4.98. The van der Waals surface area contributed by atoms with Crippen LogP contribution in [-0.4, -0.2) is 19.8 Å². The highest BCUT2D eigenvalue weighted by Gasteiger charge is 2.26. The molecule has 1 saturated heterocycles. The average molecular weight is 288 g/mol. The van der Waals surface area contributed by atoms with Crippen LogP contribution in [0.2, 0.25) is 10.0 Å². The Balaban J connectivity index is 2.22. The van der Waals surface area contributed by atoms with Crippen LogP contribution in [0, 0.1) is 5.92 Å². The quantitative estimate of drug-likeness (QED) is 0.901. The summed E-state index contributed by atoms with van der Waals surface area (Å²) in [5.41, 5.74) is 1.15. The number of benzene rings is 1. The molecule has 4 heteroatoms. The predicted octanol–water partition coefficient (Wildman–Crippen LogP) is 4.07. The molecule has 1 fully saturated rings. The molecule has 0 aromatic heterocycles. The van der Waals surface area contributed by atoms with Gasteiger partial charge in [0.25, 0.3) is 0 Å². The fourth-order valence-corrected chi connectivity index (χ4v) is 3.08. The maximum atomic E-state index is 6.32. The lowest BCUT2D eigenvalue weighted by molar-refractivity contribution is 0.0538. The number of ether oxygens (including phenoxy) is 1. The van der Waals surface area contributed by atoms with Gasteiger partial charge in [-0.3, -0.25) is 0 Å². The van der Waals surface area contributed by atoms with Gasteiger partial charge in [-0.2, -0.15) is 0 Å². The summed E-state index contributed by atoms with van der Waals surface area (Å²) in [6, 6.07) is 6.06. The summed E-state index contributed by atoms with van der Waals surface area (Å²) in [6.45, 7) is 4.74. The van der Waals surface area contributed by atoms with Crippen LogP contribution >= 0.6 is 23.2 Å². The van der Waals surface area contributed by atoms with Crippen molar-refractivity contribution in [1.29, 1.82) is 0 Å². The van der Waals surface area contributed by atoms with Crippen LogP contribution < -0.4 is 5.32 Å². The standard InChI is InChI=1S/C14H19Cl2NO/c1-2-17-14(10-5-7-18-8-6-10)12-4-3-11(15)9-13(12)16/h3-4,9-10,14,17H,2,5-8H2,1H3. The Morgan fingerprint density at radius 1 is 1.33 bits per heavy atom. The second-order valence-electron chi connectivity index (χ2n) is 4.65. The molecule has 1 heterocycles. The minimum absolute atomic E-state index is 0.295. The number of rotatable bonds is 4. The molecule has 100 valence electrons. The summed E-state index contributed by atoms with van der Waals surface area (Å²) in [4.78, 5) is 0. The predicted molar refractivity (Wildman–Crippen MR) is 76.4 cm³/mol. The third-order valence-corrected chi connectivity index (χ3v) is 4.02. The van der Waals surface area contributed by atoms with Crippen LogP contribution in [0.25, 0.3) is 0 Å². The molecule has 18 heavy (non-hydrogen) atoms. The zero-order valence-corrected chi connectivity index (χ0v) is 12.1. The third kappa shape index (κ3) is 3.39. The molecule has 0 saturated carbocycles. The molecular formula is C14H19Cl2NO. The maximum Gasteiger partial charge on any atom is 0.0469 e. The van der Waals surface area contributed by atoms with Gasteiger partial charge in [0.05, 0.1) is 0 Å². The van der Waals surface area contributed by atoms with Crippen LogP contribution in [0.5, 0.6) is 0 Å². The van der Waals surface area contributed by atoms with Gasteiger partial charge in [0.2, 0.25) is 0 Å². The molecule has 0 aliphatic carbocycles. The molecule has 0 radical (unpaired) electrons. The lowest BCUT2D eigenvalue weighted by Gasteiger charge is -2.31. The molecule has 1 N–H and O–H groups in total. The van der Waals surface area contributed by atoms with Crippen molar-refractivity contribution >= 4 is 23.2 Å². The second kappa shape index (κ2) is 6.76. The lowest BCUT2D eigenvalue weighted by Crippen LogP contribution is -2.32. The Morgan fingerprint density at radius 3 is 2.67 bits per heavy atom. The minimum atomic E-state index is 0.295.